The number of rotatable bonds is 3. The Balaban J connectivity index is 2.91. The largest absolute Gasteiger partial charge is 0.480 e. The van der Waals surface area contributed by atoms with Crippen LogP contribution >= 0.6 is 11.6 Å². The fourth-order valence-electron chi connectivity index (χ4n) is 0.965. The van der Waals surface area contributed by atoms with E-state index in [9.17, 15) is 18.0 Å². The Labute approximate surface area is 92.4 Å². The summed E-state index contributed by atoms with van der Waals surface area (Å²) in [5, 5.41) is 8.05. The maximum absolute atomic E-state index is 12.2. The number of imidazole rings is 1. The number of carboxylic acids is 1. The molecule has 90 valence electrons. The van der Waals surface area contributed by atoms with E-state index in [0.29, 0.717) is 0 Å². The minimum Gasteiger partial charge on any atom is -0.480 e. The van der Waals surface area contributed by atoms with Crippen molar-refractivity contribution in [3.8, 4) is 0 Å². The van der Waals surface area contributed by atoms with Gasteiger partial charge >= 0.3 is 12.1 Å². The molecule has 1 aromatic rings. The predicted molar refractivity (Wildman–Crippen MR) is 47.9 cm³/mol. The maximum atomic E-state index is 12.2. The summed E-state index contributed by atoms with van der Waals surface area (Å²) >= 11 is 5.41. The second-order valence-corrected chi connectivity index (χ2v) is 3.36. The zero-order chi connectivity index (χ0) is 12.5. The highest BCUT2D eigenvalue weighted by Gasteiger charge is 2.35. The number of aliphatic carboxylic acids is 1. The van der Waals surface area contributed by atoms with Gasteiger partial charge in [0.25, 0.3) is 0 Å². The van der Waals surface area contributed by atoms with Crippen molar-refractivity contribution in [1.82, 2.24) is 9.97 Å². The van der Waals surface area contributed by atoms with Crippen LogP contribution in [0, 0.1) is 0 Å². The van der Waals surface area contributed by atoms with E-state index in [1.165, 1.54) is 0 Å². The molecule has 0 aliphatic carbocycles. The van der Waals surface area contributed by atoms with Crippen LogP contribution in [0.3, 0.4) is 0 Å². The highest BCUT2D eigenvalue weighted by atomic mass is 35.5. The number of hydrogen-bond acceptors (Lipinski definition) is 3. The van der Waals surface area contributed by atoms with Crippen LogP contribution in [0.15, 0.2) is 0 Å². The summed E-state index contributed by atoms with van der Waals surface area (Å²) in [4.78, 5) is 15.3. The second kappa shape index (κ2) is 4.30. The number of nitrogens with two attached hydrogens (primary N) is 1. The molecule has 0 radical (unpaired) electrons. The van der Waals surface area contributed by atoms with Crippen molar-refractivity contribution in [2.24, 2.45) is 5.73 Å². The SMILES string of the molecule is NC(Cc1[nH]c(C(F)(F)F)nc1Cl)C(=O)O. The molecule has 0 aliphatic rings. The number of carboxylic acid groups (broad SMARTS) is 1. The maximum Gasteiger partial charge on any atom is 0.449 e. The van der Waals surface area contributed by atoms with E-state index in [2.05, 4.69) is 4.98 Å². The minimum absolute atomic E-state index is 0.149. The molecule has 16 heavy (non-hydrogen) atoms. The van der Waals surface area contributed by atoms with E-state index in [-0.39, 0.29) is 12.1 Å². The van der Waals surface area contributed by atoms with Crippen LogP contribution in [0.1, 0.15) is 11.5 Å². The van der Waals surface area contributed by atoms with Gasteiger partial charge in [0.05, 0.1) is 5.69 Å². The number of nitrogens with zero attached hydrogens (tertiary/aromatic N) is 1. The van der Waals surface area contributed by atoms with Gasteiger partial charge < -0.3 is 15.8 Å². The van der Waals surface area contributed by atoms with Crippen LogP contribution in [0.4, 0.5) is 13.2 Å². The van der Waals surface area contributed by atoms with Crippen molar-refractivity contribution in [1.29, 1.82) is 0 Å². The Bertz CT molecular complexity index is 404. The van der Waals surface area contributed by atoms with Gasteiger partial charge in [-0.05, 0) is 0 Å². The summed E-state index contributed by atoms with van der Waals surface area (Å²) < 4.78 is 36.5. The molecule has 5 nitrogen and oxygen atoms in total. The Morgan fingerprint density at radius 3 is 2.56 bits per heavy atom. The van der Waals surface area contributed by atoms with Crippen LogP contribution in [0.2, 0.25) is 5.15 Å². The van der Waals surface area contributed by atoms with E-state index in [1.54, 1.807) is 0 Å². The molecule has 1 atom stereocenters. The summed E-state index contributed by atoms with van der Waals surface area (Å²) in [5.41, 5.74) is 5.00. The van der Waals surface area contributed by atoms with Gasteiger partial charge in [0, 0.05) is 6.42 Å². The number of aromatic amines is 1. The van der Waals surface area contributed by atoms with Crippen molar-refractivity contribution in [2.45, 2.75) is 18.6 Å². The van der Waals surface area contributed by atoms with Gasteiger partial charge in [0.2, 0.25) is 5.82 Å². The first-order chi connectivity index (χ1) is 7.21. The molecule has 0 aromatic carbocycles. The average molecular weight is 258 g/mol. The van der Waals surface area contributed by atoms with Crippen LogP contribution < -0.4 is 5.73 Å². The number of nitrogens with one attached hydrogen (secondary N) is 1. The predicted octanol–water partition coefficient (Wildman–Crippen LogP) is 1.04. The number of alkyl halides is 3. The number of aromatic nitrogens is 2. The lowest BCUT2D eigenvalue weighted by Gasteiger charge is -2.04. The molecule has 0 saturated carbocycles. The quantitative estimate of drug-likeness (QED) is 0.754. The standard InChI is InChI=1S/C7H7ClF3N3O2/c8-4-3(1-2(12)5(15)16)13-6(14-4)7(9,10)11/h2H,1,12H2,(H,13,14)(H,15,16). The normalized spacial score (nSPS) is 13.8. The van der Waals surface area contributed by atoms with Gasteiger partial charge in [-0.15, -0.1) is 0 Å². The fraction of sp³-hybridized carbons (Fsp3) is 0.429. The third-order valence-corrected chi connectivity index (χ3v) is 2.05. The third kappa shape index (κ3) is 2.86. The summed E-state index contributed by atoms with van der Waals surface area (Å²) in [6.07, 6.45) is -5.01. The minimum atomic E-state index is -4.66. The summed E-state index contributed by atoms with van der Waals surface area (Å²) in [7, 11) is 0. The zero-order valence-electron chi connectivity index (χ0n) is 7.68. The lowest BCUT2D eigenvalue weighted by molar-refractivity contribution is -0.144. The molecule has 1 heterocycles. The topological polar surface area (TPSA) is 92.0 Å². The first-order valence-electron chi connectivity index (χ1n) is 4.01. The Morgan fingerprint density at radius 1 is 1.62 bits per heavy atom. The summed E-state index contributed by atoms with van der Waals surface area (Å²) in [6.45, 7) is 0. The number of carbonyl (C=O) groups is 1. The van der Waals surface area contributed by atoms with E-state index < -0.39 is 29.2 Å². The van der Waals surface area contributed by atoms with Gasteiger partial charge in [0.1, 0.15) is 6.04 Å². The molecule has 1 aromatic heterocycles. The third-order valence-electron chi connectivity index (χ3n) is 1.74. The molecule has 0 saturated heterocycles. The molecule has 9 heteroatoms. The summed E-state index contributed by atoms with van der Waals surface area (Å²) in [5.74, 6) is -2.61. The highest BCUT2D eigenvalue weighted by molar-refractivity contribution is 6.30. The van der Waals surface area contributed by atoms with Crippen molar-refractivity contribution >= 4 is 17.6 Å². The van der Waals surface area contributed by atoms with Crippen LogP contribution in [-0.2, 0) is 17.4 Å². The fourth-order valence-corrected chi connectivity index (χ4v) is 1.17. The molecule has 0 bridgehead atoms. The van der Waals surface area contributed by atoms with Gasteiger partial charge in [-0.25, -0.2) is 4.98 Å². The molecule has 0 aliphatic heterocycles. The van der Waals surface area contributed by atoms with Crippen molar-refractivity contribution < 1.29 is 23.1 Å². The molecule has 1 rings (SSSR count). The monoisotopic (exact) mass is 257 g/mol. The Hall–Kier alpha value is -1.28. The van der Waals surface area contributed by atoms with Crippen LogP contribution in [-0.4, -0.2) is 27.1 Å². The van der Waals surface area contributed by atoms with Gasteiger partial charge in [-0.1, -0.05) is 11.6 Å². The molecular formula is C7H7ClF3N3O2. The number of H-pyrrole nitrogens is 1. The molecule has 0 fully saturated rings. The smallest absolute Gasteiger partial charge is 0.449 e. The lowest BCUT2D eigenvalue weighted by Crippen LogP contribution is -2.32. The first-order valence-corrected chi connectivity index (χ1v) is 4.39. The summed E-state index contributed by atoms with van der Waals surface area (Å²) in [6, 6.07) is -1.33. The number of hydrogen-bond donors (Lipinski definition) is 3. The van der Waals surface area contributed by atoms with Crippen LogP contribution in [0.5, 0.6) is 0 Å². The Morgan fingerprint density at radius 2 is 2.19 bits per heavy atom. The number of halogens is 4. The van der Waals surface area contributed by atoms with Gasteiger partial charge in [-0.2, -0.15) is 13.2 Å². The van der Waals surface area contributed by atoms with Crippen molar-refractivity contribution in [3.63, 3.8) is 0 Å². The molecule has 1 unspecified atom stereocenters. The highest BCUT2D eigenvalue weighted by Crippen LogP contribution is 2.29. The Kier molecular flexibility index (Phi) is 3.44. The molecule has 0 amide bonds. The molecule has 0 spiro atoms. The van der Waals surface area contributed by atoms with E-state index in [1.807, 2.05) is 4.98 Å². The lowest BCUT2D eigenvalue weighted by atomic mass is 10.2. The van der Waals surface area contributed by atoms with E-state index in [4.69, 9.17) is 22.4 Å². The van der Waals surface area contributed by atoms with Gasteiger partial charge in [-0.3, -0.25) is 4.79 Å². The van der Waals surface area contributed by atoms with Gasteiger partial charge in [0.15, 0.2) is 5.15 Å². The van der Waals surface area contributed by atoms with Crippen molar-refractivity contribution in [3.05, 3.63) is 16.7 Å². The zero-order valence-corrected chi connectivity index (χ0v) is 8.43. The van der Waals surface area contributed by atoms with Crippen molar-refractivity contribution in [2.75, 3.05) is 0 Å². The molecule has 4 N–H and O–H groups in total. The van der Waals surface area contributed by atoms with Crippen LogP contribution in [0.25, 0.3) is 0 Å². The van der Waals surface area contributed by atoms with E-state index in [0.717, 1.165) is 0 Å². The molecular weight excluding hydrogens is 251 g/mol. The van der Waals surface area contributed by atoms with E-state index >= 15 is 0 Å². The second-order valence-electron chi connectivity index (χ2n) is 3.00. The first kappa shape index (κ1) is 12.8. The average Bonchev–Trinajstić information content (AvgIpc) is 2.47.